The fourth-order valence-corrected chi connectivity index (χ4v) is 2.68. The minimum atomic E-state index is -1.55. The van der Waals surface area contributed by atoms with Crippen LogP contribution in [-0.4, -0.2) is 80.4 Å². The Balaban J connectivity index is 2.80. The summed E-state index contributed by atoms with van der Waals surface area (Å²) in [5.74, 6) is -5.46. The Morgan fingerprint density at radius 2 is 1.48 bits per heavy atom. The zero-order chi connectivity index (χ0) is 25.3. The van der Waals surface area contributed by atoms with Crippen LogP contribution in [0.5, 0.6) is 5.75 Å². The van der Waals surface area contributed by atoms with Gasteiger partial charge in [0.2, 0.25) is 17.7 Å². The Morgan fingerprint density at radius 3 is 1.97 bits per heavy atom. The number of phenols is 1. The highest BCUT2D eigenvalue weighted by atomic mass is 16.4. The van der Waals surface area contributed by atoms with E-state index < -0.39 is 66.4 Å². The smallest absolute Gasteiger partial charge is 0.326 e. The molecule has 0 aliphatic heterocycles. The summed E-state index contributed by atoms with van der Waals surface area (Å²) in [5.41, 5.74) is 5.93. The monoisotopic (exact) mass is 468 g/mol. The number of nitrogens with two attached hydrogens (primary N) is 1. The number of carbonyl (C=O) groups is 5. The van der Waals surface area contributed by atoms with Crippen LogP contribution in [0.15, 0.2) is 24.3 Å². The van der Waals surface area contributed by atoms with Crippen molar-refractivity contribution >= 4 is 29.7 Å². The zero-order valence-corrected chi connectivity index (χ0v) is 18.0. The Morgan fingerprint density at radius 1 is 0.909 bits per heavy atom. The van der Waals surface area contributed by atoms with E-state index >= 15 is 0 Å². The fraction of sp³-hybridized carbons (Fsp3) is 0.450. The Bertz CT molecular complexity index is 873. The second-order valence-corrected chi connectivity index (χ2v) is 7.43. The number of nitrogens with one attached hydrogen (secondary N) is 3. The number of benzene rings is 1. The molecular formula is C20H28N4O9. The average Bonchev–Trinajstić information content (AvgIpc) is 2.71. The molecule has 0 fully saturated rings. The number of aliphatic carboxylic acids is 2. The van der Waals surface area contributed by atoms with Crippen LogP contribution in [0.2, 0.25) is 0 Å². The van der Waals surface area contributed by atoms with Gasteiger partial charge in [-0.15, -0.1) is 0 Å². The number of rotatable bonds is 12. The Kier molecular flexibility index (Phi) is 10.2. The first kappa shape index (κ1) is 27.3. The van der Waals surface area contributed by atoms with Gasteiger partial charge in [-0.3, -0.25) is 19.2 Å². The number of hydrogen-bond acceptors (Lipinski definition) is 8. The van der Waals surface area contributed by atoms with Crippen LogP contribution < -0.4 is 21.7 Å². The number of aliphatic hydroxyl groups excluding tert-OH is 1. The maximum absolute atomic E-state index is 12.6. The van der Waals surface area contributed by atoms with Crippen molar-refractivity contribution in [1.29, 1.82) is 0 Å². The lowest BCUT2D eigenvalue weighted by Gasteiger charge is -2.25. The summed E-state index contributed by atoms with van der Waals surface area (Å²) in [6.45, 7) is 2.45. The van der Waals surface area contributed by atoms with E-state index in [1.807, 2.05) is 0 Å². The first-order chi connectivity index (χ1) is 15.3. The lowest BCUT2D eigenvalue weighted by molar-refractivity contribution is -0.143. The number of carbonyl (C=O) groups excluding carboxylic acids is 3. The predicted octanol–water partition coefficient (Wildman–Crippen LogP) is -2.32. The van der Waals surface area contributed by atoms with Crippen molar-refractivity contribution in [2.45, 2.75) is 57.0 Å². The van der Waals surface area contributed by atoms with Crippen molar-refractivity contribution in [1.82, 2.24) is 16.0 Å². The number of aliphatic hydroxyl groups is 1. The predicted molar refractivity (Wildman–Crippen MR) is 113 cm³/mol. The standard InChI is InChI=1S/C20H28N4O9/c1-9(22-18(30)13(21)8-15(27)28)17(29)24-16(10(2)25)19(31)23-14(20(32)33)7-11-3-5-12(26)6-4-11/h3-6,9-10,13-14,16,25-26H,7-8,21H2,1-2H3,(H,22,30)(H,23,31)(H,24,29)(H,27,28)(H,32,33). The largest absolute Gasteiger partial charge is 0.508 e. The molecule has 13 heteroatoms. The topological polar surface area (TPSA) is 228 Å². The van der Waals surface area contributed by atoms with Gasteiger partial charge in [0.1, 0.15) is 23.9 Å². The number of amides is 3. The summed E-state index contributed by atoms with van der Waals surface area (Å²) in [7, 11) is 0. The van der Waals surface area contributed by atoms with Crippen LogP contribution in [-0.2, 0) is 30.4 Å². The summed E-state index contributed by atoms with van der Waals surface area (Å²) in [4.78, 5) is 59.0. The van der Waals surface area contributed by atoms with Crippen LogP contribution in [0.4, 0.5) is 0 Å². The molecule has 0 aliphatic carbocycles. The third kappa shape index (κ3) is 9.13. The Hall–Kier alpha value is -3.71. The van der Waals surface area contributed by atoms with Crippen LogP contribution in [0, 0.1) is 0 Å². The molecule has 0 heterocycles. The van der Waals surface area contributed by atoms with Gasteiger partial charge in [-0.1, -0.05) is 12.1 Å². The molecule has 0 radical (unpaired) electrons. The van der Waals surface area contributed by atoms with Crippen molar-refractivity contribution in [2.75, 3.05) is 0 Å². The van der Waals surface area contributed by atoms with Crippen molar-refractivity contribution in [3.05, 3.63) is 29.8 Å². The van der Waals surface area contributed by atoms with E-state index in [1.165, 1.54) is 38.1 Å². The molecule has 182 valence electrons. The maximum atomic E-state index is 12.6. The molecule has 5 unspecified atom stereocenters. The van der Waals surface area contributed by atoms with Gasteiger partial charge in [-0.25, -0.2) is 4.79 Å². The van der Waals surface area contributed by atoms with Gasteiger partial charge in [0.05, 0.1) is 18.6 Å². The van der Waals surface area contributed by atoms with E-state index in [0.29, 0.717) is 5.56 Å². The van der Waals surface area contributed by atoms with E-state index in [1.54, 1.807) is 0 Å². The van der Waals surface area contributed by atoms with Crippen molar-refractivity contribution in [3.8, 4) is 5.75 Å². The van der Waals surface area contributed by atoms with Crippen LogP contribution >= 0.6 is 0 Å². The van der Waals surface area contributed by atoms with E-state index in [2.05, 4.69) is 16.0 Å². The van der Waals surface area contributed by atoms with Gasteiger partial charge in [0.25, 0.3) is 0 Å². The minimum absolute atomic E-state index is 0.0170. The minimum Gasteiger partial charge on any atom is -0.508 e. The molecule has 0 spiro atoms. The van der Waals surface area contributed by atoms with Gasteiger partial charge in [0.15, 0.2) is 0 Å². The van der Waals surface area contributed by atoms with E-state index in [9.17, 15) is 39.3 Å². The van der Waals surface area contributed by atoms with Gasteiger partial charge in [-0.2, -0.15) is 0 Å². The van der Waals surface area contributed by atoms with Gasteiger partial charge < -0.3 is 42.1 Å². The third-order valence-electron chi connectivity index (χ3n) is 4.54. The summed E-state index contributed by atoms with van der Waals surface area (Å²) in [6, 6.07) is 0.0798. The molecule has 0 saturated carbocycles. The molecule has 0 bridgehead atoms. The zero-order valence-electron chi connectivity index (χ0n) is 18.0. The number of phenolic OH excluding ortho intramolecular Hbond substituents is 1. The molecular weight excluding hydrogens is 440 g/mol. The summed E-state index contributed by atoms with van der Waals surface area (Å²) in [5, 5.41) is 44.0. The van der Waals surface area contributed by atoms with Crippen molar-refractivity contribution in [2.24, 2.45) is 5.73 Å². The van der Waals surface area contributed by atoms with Gasteiger partial charge >= 0.3 is 11.9 Å². The molecule has 9 N–H and O–H groups in total. The molecule has 0 aromatic heterocycles. The van der Waals surface area contributed by atoms with E-state index in [4.69, 9.17) is 10.8 Å². The molecule has 5 atom stereocenters. The number of carboxylic acid groups (broad SMARTS) is 2. The third-order valence-corrected chi connectivity index (χ3v) is 4.54. The molecule has 0 saturated heterocycles. The first-order valence-electron chi connectivity index (χ1n) is 9.89. The maximum Gasteiger partial charge on any atom is 0.326 e. The van der Waals surface area contributed by atoms with Crippen LogP contribution in [0.3, 0.4) is 0 Å². The van der Waals surface area contributed by atoms with Crippen molar-refractivity contribution < 1.29 is 44.4 Å². The second-order valence-electron chi connectivity index (χ2n) is 7.43. The van der Waals surface area contributed by atoms with Crippen LogP contribution in [0.1, 0.15) is 25.8 Å². The van der Waals surface area contributed by atoms with Crippen molar-refractivity contribution in [3.63, 3.8) is 0 Å². The lowest BCUT2D eigenvalue weighted by atomic mass is 10.0. The second kappa shape index (κ2) is 12.4. The number of aromatic hydroxyl groups is 1. The highest BCUT2D eigenvalue weighted by molar-refractivity contribution is 5.94. The van der Waals surface area contributed by atoms with E-state index in [0.717, 1.165) is 0 Å². The van der Waals surface area contributed by atoms with Gasteiger partial charge in [0, 0.05) is 6.42 Å². The molecule has 1 aromatic rings. The Labute approximate surface area is 189 Å². The SMILES string of the molecule is CC(NC(=O)C(N)CC(=O)O)C(=O)NC(C(=O)NC(Cc1ccc(O)cc1)C(=O)O)C(C)O. The lowest BCUT2D eigenvalue weighted by Crippen LogP contribution is -2.59. The normalized spacial score (nSPS) is 15.3. The molecule has 13 nitrogen and oxygen atoms in total. The highest BCUT2D eigenvalue weighted by Crippen LogP contribution is 2.11. The summed E-state index contributed by atoms with van der Waals surface area (Å²) < 4.78 is 0. The van der Waals surface area contributed by atoms with E-state index in [-0.39, 0.29) is 12.2 Å². The molecule has 1 rings (SSSR count). The first-order valence-corrected chi connectivity index (χ1v) is 9.89. The summed E-state index contributed by atoms with van der Waals surface area (Å²) in [6.07, 6.45) is -2.21. The summed E-state index contributed by atoms with van der Waals surface area (Å²) >= 11 is 0. The van der Waals surface area contributed by atoms with Gasteiger partial charge in [-0.05, 0) is 31.5 Å². The molecule has 1 aromatic carbocycles. The molecule has 3 amide bonds. The highest BCUT2D eigenvalue weighted by Gasteiger charge is 2.31. The number of carboxylic acids is 2. The molecule has 33 heavy (non-hydrogen) atoms. The molecule has 0 aliphatic rings. The van der Waals surface area contributed by atoms with Crippen LogP contribution in [0.25, 0.3) is 0 Å². The fourth-order valence-electron chi connectivity index (χ4n) is 2.68. The quantitative estimate of drug-likeness (QED) is 0.163. The number of hydrogen-bond donors (Lipinski definition) is 8. The average molecular weight is 468 g/mol.